The number of carbonyl (C=O) groups excluding carboxylic acids is 2. The van der Waals surface area contributed by atoms with E-state index in [0.29, 0.717) is 15.4 Å². The van der Waals surface area contributed by atoms with Crippen LogP contribution in [0, 0.1) is 0 Å². The van der Waals surface area contributed by atoms with Gasteiger partial charge in [0, 0.05) is 4.88 Å². The molecule has 2 aromatic heterocycles. The summed E-state index contributed by atoms with van der Waals surface area (Å²) in [5, 5.41) is 8.06. The number of aryl methyl sites for hydroxylation is 1. The Bertz CT molecular complexity index is 831. The van der Waals surface area contributed by atoms with E-state index in [1.54, 1.807) is 17.5 Å². The van der Waals surface area contributed by atoms with E-state index in [2.05, 4.69) is 10.6 Å². The molecule has 3 rings (SSSR count). The van der Waals surface area contributed by atoms with Gasteiger partial charge in [-0.1, -0.05) is 40.9 Å². The summed E-state index contributed by atoms with van der Waals surface area (Å²) in [6, 6.07) is 3.44. The molecule has 1 unspecified atom stereocenters. The normalized spacial score (nSPS) is 15.0. The first-order chi connectivity index (χ1) is 12.8. The highest BCUT2D eigenvalue weighted by atomic mass is 35.6. The van der Waals surface area contributed by atoms with Gasteiger partial charge >= 0.3 is 5.97 Å². The van der Waals surface area contributed by atoms with E-state index in [1.165, 1.54) is 29.8 Å². The van der Waals surface area contributed by atoms with Crippen LogP contribution < -0.4 is 10.6 Å². The molecule has 2 N–H and O–H groups in total. The van der Waals surface area contributed by atoms with Crippen LogP contribution in [0.1, 0.15) is 43.3 Å². The molecule has 5 nitrogen and oxygen atoms in total. The molecule has 2 heterocycles. The molecule has 0 saturated heterocycles. The number of methoxy groups -OCH3 is 1. The quantitative estimate of drug-likeness (QED) is 0.368. The van der Waals surface area contributed by atoms with E-state index >= 15 is 0 Å². The van der Waals surface area contributed by atoms with E-state index in [1.807, 2.05) is 0 Å². The summed E-state index contributed by atoms with van der Waals surface area (Å²) in [7, 11) is 1.34. The number of hydrogen-bond acceptors (Lipinski definition) is 6. The lowest BCUT2D eigenvalue weighted by molar-refractivity contribution is 0.0600. The number of anilines is 1. The second kappa shape index (κ2) is 8.57. The van der Waals surface area contributed by atoms with Gasteiger partial charge in [0.25, 0.3) is 5.91 Å². The largest absolute Gasteiger partial charge is 0.465 e. The van der Waals surface area contributed by atoms with Crippen molar-refractivity contribution in [1.29, 1.82) is 0 Å². The Labute approximate surface area is 179 Å². The first-order valence-corrected chi connectivity index (χ1v) is 11.0. The van der Waals surface area contributed by atoms with Crippen molar-refractivity contribution in [3.8, 4) is 0 Å². The zero-order chi connectivity index (χ0) is 19.6. The molecule has 27 heavy (non-hydrogen) atoms. The molecule has 146 valence electrons. The molecule has 0 saturated carbocycles. The van der Waals surface area contributed by atoms with Crippen molar-refractivity contribution < 1.29 is 14.3 Å². The Balaban J connectivity index is 1.91. The van der Waals surface area contributed by atoms with Gasteiger partial charge in [0.05, 0.1) is 17.6 Å². The zero-order valence-corrected chi connectivity index (χ0v) is 18.2. The first-order valence-electron chi connectivity index (χ1n) is 8.21. The third-order valence-electron chi connectivity index (χ3n) is 4.18. The summed E-state index contributed by atoms with van der Waals surface area (Å²) in [5.41, 5.74) is 1.44. The van der Waals surface area contributed by atoms with Gasteiger partial charge < -0.3 is 15.4 Å². The molecular formula is C17H17Cl3N2O3S2. The molecule has 1 aliphatic rings. The lowest BCUT2D eigenvalue weighted by atomic mass is 9.95. The molecule has 1 aliphatic carbocycles. The Morgan fingerprint density at radius 1 is 1.26 bits per heavy atom. The van der Waals surface area contributed by atoms with Crippen molar-refractivity contribution >= 4 is 74.4 Å². The highest BCUT2D eigenvalue weighted by molar-refractivity contribution is 7.16. The van der Waals surface area contributed by atoms with E-state index in [0.717, 1.165) is 36.1 Å². The zero-order valence-electron chi connectivity index (χ0n) is 14.3. The van der Waals surface area contributed by atoms with Gasteiger partial charge in [0.1, 0.15) is 11.2 Å². The Hall–Kier alpha value is -0.990. The van der Waals surface area contributed by atoms with Crippen LogP contribution in [0.5, 0.6) is 0 Å². The highest BCUT2D eigenvalue weighted by Gasteiger charge is 2.37. The number of halogens is 3. The second-order valence-corrected chi connectivity index (χ2v) is 10.4. The summed E-state index contributed by atoms with van der Waals surface area (Å²) < 4.78 is 3.12. The van der Waals surface area contributed by atoms with Gasteiger partial charge in [-0.15, -0.1) is 22.7 Å². The maximum atomic E-state index is 12.4. The molecule has 2 aromatic rings. The maximum absolute atomic E-state index is 12.4. The van der Waals surface area contributed by atoms with E-state index in [4.69, 9.17) is 39.5 Å². The van der Waals surface area contributed by atoms with Crippen LogP contribution in [-0.4, -0.2) is 28.9 Å². The average Bonchev–Trinajstić information content (AvgIpc) is 3.27. The first kappa shape index (κ1) is 20.7. The fourth-order valence-corrected chi connectivity index (χ4v) is 5.19. The number of alkyl halides is 3. The fraction of sp³-hybridized carbons (Fsp3) is 0.412. The summed E-state index contributed by atoms with van der Waals surface area (Å²) >= 11 is 21.0. The van der Waals surface area contributed by atoms with Crippen molar-refractivity contribution in [2.45, 2.75) is 35.6 Å². The van der Waals surface area contributed by atoms with Crippen molar-refractivity contribution in [2.24, 2.45) is 0 Å². The van der Waals surface area contributed by atoms with Crippen LogP contribution in [0.2, 0.25) is 0 Å². The predicted octanol–water partition coefficient (Wildman–Crippen LogP) is 5.01. The van der Waals surface area contributed by atoms with Crippen molar-refractivity contribution in [3.63, 3.8) is 0 Å². The van der Waals surface area contributed by atoms with E-state index < -0.39 is 15.9 Å². The van der Waals surface area contributed by atoms with Crippen LogP contribution in [0.25, 0.3) is 0 Å². The van der Waals surface area contributed by atoms with Gasteiger partial charge in [-0.25, -0.2) is 4.79 Å². The minimum atomic E-state index is -1.83. The number of carbonyl (C=O) groups is 2. The van der Waals surface area contributed by atoms with Crippen molar-refractivity contribution in [2.75, 3.05) is 12.4 Å². The van der Waals surface area contributed by atoms with Crippen LogP contribution in [0.4, 0.5) is 5.00 Å². The van der Waals surface area contributed by atoms with Gasteiger partial charge in [-0.3, -0.25) is 4.79 Å². The standard InChI is InChI=1S/C17H17Cl3N2O3S2/c1-25-15(24)12-9-5-2-3-6-10(9)27-14(12)22-16(17(18,19)20)21-13(23)11-7-4-8-26-11/h4,7-8,16,22H,2-3,5-6H2,1H3,(H,21,23). The Morgan fingerprint density at radius 3 is 2.63 bits per heavy atom. The van der Waals surface area contributed by atoms with Gasteiger partial charge in [0.15, 0.2) is 0 Å². The Morgan fingerprint density at radius 2 is 2.00 bits per heavy atom. The maximum Gasteiger partial charge on any atom is 0.341 e. The number of esters is 1. The molecule has 0 radical (unpaired) electrons. The molecular weight excluding hydrogens is 451 g/mol. The summed E-state index contributed by atoms with van der Waals surface area (Å²) in [5.74, 6) is -0.806. The van der Waals surface area contributed by atoms with Crippen molar-refractivity contribution in [3.05, 3.63) is 38.4 Å². The number of fused-ring (bicyclic) bond motifs is 1. The number of rotatable bonds is 5. The molecule has 10 heteroatoms. The average molecular weight is 468 g/mol. The molecule has 0 aromatic carbocycles. The van der Waals surface area contributed by atoms with Crippen molar-refractivity contribution in [1.82, 2.24) is 5.32 Å². The number of ether oxygens (including phenoxy) is 1. The van der Waals surface area contributed by atoms with Crippen LogP contribution in [0.15, 0.2) is 17.5 Å². The number of thiophene rings is 2. The second-order valence-electron chi connectivity index (χ2n) is 5.98. The van der Waals surface area contributed by atoms with Gasteiger partial charge in [-0.2, -0.15) is 0 Å². The minimum absolute atomic E-state index is 0.366. The number of amides is 1. The molecule has 0 fully saturated rings. The molecule has 1 atom stereocenters. The lowest BCUT2D eigenvalue weighted by Crippen LogP contribution is -2.49. The molecule has 0 spiro atoms. The molecule has 0 aliphatic heterocycles. The smallest absolute Gasteiger partial charge is 0.341 e. The predicted molar refractivity (Wildman–Crippen MR) is 112 cm³/mol. The molecule has 1 amide bonds. The van der Waals surface area contributed by atoms with Gasteiger partial charge in [-0.05, 0) is 42.7 Å². The number of nitrogens with one attached hydrogen (secondary N) is 2. The highest BCUT2D eigenvalue weighted by Crippen LogP contribution is 2.40. The van der Waals surface area contributed by atoms with Crippen LogP contribution >= 0.6 is 57.5 Å². The lowest BCUT2D eigenvalue weighted by Gasteiger charge is -2.27. The molecule has 0 bridgehead atoms. The third kappa shape index (κ3) is 4.71. The van der Waals surface area contributed by atoms with Crippen LogP contribution in [-0.2, 0) is 17.6 Å². The monoisotopic (exact) mass is 466 g/mol. The van der Waals surface area contributed by atoms with E-state index in [-0.39, 0.29) is 5.91 Å². The SMILES string of the molecule is COC(=O)c1c(NC(NC(=O)c2cccs2)C(Cl)(Cl)Cl)sc2c1CCCC2. The minimum Gasteiger partial charge on any atom is -0.465 e. The number of hydrogen-bond donors (Lipinski definition) is 2. The fourth-order valence-electron chi connectivity index (χ4n) is 2.93. The summed E-state index contributed by atoms with van der Waals surface area (Å²) in [6.07, 6.45) is 2.75. The summed E-state index contributed by atoms with van der Waals surface area (Å²) in [6.45, 7) is 0. The third-order valence-corrected chi connectivity index (χ3v) is 6.93. The topological polar surface area (TPSA) is 67.4 Å². The van der Waals surface area contributed by atoms with Gasteiger partial charge in [0.2, 0.25) is 3.79 Å². The van der Waals surface area contributed by atoms with Crippen LogP contribution in [0.3, 0.4) is 0 Å². The Kier molecular flexibility index (Phi) is 6.58. The summed E-state index contributed by atoms with van der Waals surface area (Å²) in [4.78, 5) is 26.4. The van der Waals surface area contributed by atoms with E-state index in [9.17, 15) is 9.59 Å².